The predicted molar refractivity (Wildman–Crippen MR) is 53.4 cm³/mol. The van der Waals surface area contributed by atoms with Gasteiger partial charge in [-0.15, -0.1) is 11.3 Å². The molecule has 0 radical (unpaired) electrons. The summed E-state index contributed by atoms with van der Waals surface area (Å²) in [5.41, 5.74) is 4.27. The highest BCUT2D eigenvalue weighted by atomic mass is 32.1. The third-order valence-corrected chi connectivity index (χ3v) is 3.21. The Bertz CT molecular complexity index is 449. The maximum atomic E-state index is 5.67. The standard InChI is InChI=1S/C10H9NOS/c1-2-7-3-4-8-10(13-6-11-8)9(7)12-5-1/h3-4,6H,1-2,5H2. The van der Waals surface area contributed by atoms with E-state index in [-0.39, 0.29) is 0 Å². The van der Waals surface area contributed by atoms with Crippen molar-refractivity contribution < 1.29 is 4.74 Å². The summed E-state index contributed by atoms with van der Waals surface area (Å²) >= 11 is 1.67. The van der Waals surface area contributed by atoms with E-state index in [9.17, 15) is 0 Å². The van der Waals surface area contributed by atoms with Crippen LogP contribution >= 0.6 is 11.3 Å². The highest BCUT2D eigenvalue weighted by molar-refractivity contribution is 7.17. The normalized spacial score (nSPS) is 15.4. The van der Waals surface area contributed by atoms with Gasteiger partial charge in [0.15, 0.2) is 0 Å². The van der Waals surface area contributed by atoms with Gasteiger partial charge in [0.05, 0.1) is 22.3 Å². The van der Waals surface area contributed by atoms with Crippen molar-refractivity contribution in [2.24, 2.45) is 0 Å². The summed E-state index contributed by atoms with van der Waals surface area (Å²) in [5.74, 6) is 1.08. The number of aryl methyl sites for hydroxylation is 1. The molecule has 2 heterocycles. The van der Waals surface area contributed by atoms with E-state index >= 15 is 0 Å². The summed E-state index contributed by atoms with van der Waals surface area (Å²) in [4.78, 5) is 4.27. The van der Waals surface area contributed by atoms with Crippen molar-refractivity contribution in [3.63, 3.8) is 0 Å². The Morgan fingerprint density at radius 1 is 1.38 bits per heavy atom. The molecule has 0 saturated carbocycles. The smallest absolute Gasteiger partial charge is 0.141 e. The molecule has 0 saturated heterocycles. The summed E-state index contributed by atoms with van der Waals surface area (Å²) in [6, 6.07) is 4.22. The minimum Gasteiger partial charge on any atom is -0.492 e. The zero-order valence-corrected chi connectivity index (χ0v) is 7.93. The van der Waals surface area contributed by atoms with Crippen molar-refractivity contribution >= 4 is 21.6 Å². The molecule has 0 fully saturated rings. The largest absolute Gasteiger partial charge is 0.492 e. The van der Waals surface area contributed by atoms with Crippen molar-refractivity contribution in [2.45, 2.75) is 12.8 Å². The summed E-state index contributed by atoms with van der Waals surface area (Å²) in [6.45, 7) is 0.851. The van der Waals surface area contributed by atoms with Gasteiger partial charge in [0.1, 0.15) is 5.75 Å². The van der Waals surface area contributed by atoms with Gasteiger partial charge in [-0.2, -0.15) is 0 Å². The van der Waals surface area contributed by atoms with Crippen molar-refractivity contribution in [1.82, 2.24) is 4.98 Å². The Morgan fingerprint density at radius 2 is 2.38 bits per heavy atom. The van der Waals surface area contributed by atoms with Gasteiger partial charge in [-0.05, 0) is 24.5 Å². The second kappa shape index (κ2) is 2.70. The Labute approximate surface area is 80.2 Å². The second-order valence-corrected chi connectivity index (χ2v) is 4.06. The van der Waals surface area contributed by atoms with E-state index in [4.69, 9.17) is 4.74 Å². The monoisotopic (exact) mass is 191 g/mol. The average Bonchev–Trinajstić information content (AvgIpc) is 2.65. The van der Waals surface area contributed by atoms with Crippen molar-refractivity contribution in [3.8, 4) is 5.75 Å². The van der Waals surface area contributed by atoms with Crippen molar-refractivity contribution in [2.75, 3.05) is 6.61 Å². The lowest BCUT2D eigenvalue weighted by Crippen LogP contribution is -2.07. The van der Waals surface area contributed by atoms with Crippen LogP contribution in [0.5, 0.6) is 5.75 Å². The van der Waals surface area contributed by atoms with Crippen LogP contribution in [0.3, 0.4) is 0 Å². The molecule has 13 heavy (non-hydrogen) atoms. The Morgan fingerprint density at radius 3 is 3.38 bits per heavy atom. The number of hydrogen-bond donors (Lipinski definition) is 0. The zero-order chi connectivity index (χ0) is 8.67. The zero-order valence-electron chi connectivity index (χ0n) is 7.12. The minimum atomic E-state index is 0.851. The SMILES string of the molecule is c1nc2ccc3c(c2s1)OCCC3. The molecule has 3 heteroatoms. The minimum absolute atomic E-state index is 0.851. The van der Waals surface area contributed by atoms with E-state index in [1.54, 1.807) is 11.3 Å². The number of fused-ring (bicyclic) bond motifs is 3. The average molecular weight is 191 g/mol. The molecular formula is C10H9NOS. The van der Waals surface area contributed by atoms with Crippen LogP contribution in [0.4, 0.5) is 0 Å². The quantitative estimate of drug-likeness (QED) is 0.638. The summed E-state index contributed by atoms with van der Waals surface area (Å²) in [7, 11) is 0. The molecule has 0 unspecified atom stereocenters. The maximum Gasteiger partial charge on any atom is 0.141 e. The molecule has 1 aromatic carbocycles. The number of benzene rings is 1. The lowest BCUT2D eigenvalue weighted by atomic mass is 10.1. The first-order valence-corrected chi connectivity index (χ1v) is 5.31. The van der Waals surface area contributed by atoms with E-state index in [0.29, 0.717) is 0 Å². The summed E-state index contributed by atoms with van der Waals surface area (Å²) < 4.78 is 6.87. The fourth-order valence-corrected chi connectivity index (χ4v) is 2.55. The number of nitrogens with zero attached hydrogens (tertiary/aromatic N) is 1. The van der Waals surface area contributed by atoms with Gasteiger partial charge >= 0.3 is 0 Å². The van der Waals surface area contributed by atoms with Gasteiger partial charge < -0.3 is 4.74 Å². The molecule has 2 aromatic rings. The van der Waals surface area contributed by atoms with E-state index in [1.165, 1.54) is 10.3 Å². The number of ether oxygens (including phenoxy) is 1. The fraction of sp³-hybridized carbons (Fsp3) is 0.300. The third kappa shape index (κ3) is 1.04. The van der Waals surface area contributed by atoms with Crippen LogP contribution < -0.4 is 4.74 Å². The van der Waals surface area contributed by atoms with Gasteiger partial charge in [-0.25, -0.2) is 4.98 Å². The van der Waals surface area contributed by atoms with Gasteiger partial charge in [0.2, 0.25) is 0 Å². The van der Waals surface area contributed by atoms with Crippen LogP contribution in [0.15, 0.2) is 17.6 Å². The second-order valence-electron chi connectivity index (χ2n) is 3.21. The molecule has 1 aromatic heterocycles. The topological polar surface area (TPSA) is 22.1 Å². The Hall–Kier alpha value is -1.09. The predicted octanol–water partition coefficient (Wildman–Crippen LogP) is 2.62. The number of aromatic nitrogens is 1. The molecule has 0 N–H and O–H groups in total. The highest BCUT2D eigenvalue weighted by Crippen LogP contribution is 2.35. The van der Waals surface area contributed by atoms with E-state index in [0.717, 1.165) is 30.7 Å². The van der Waals surface area contributed by atoms with Crippen LogP contribution in [0.2, 0.25) is 0 Å². The van der Waals surface area contributed by atoms with Crippen molar-refractivity contribution in [1.29, 1.82) is 0 Å². The van der Waals surface area contributed by atoms with E-state index in [1.807, 2.05) is 5.51 Å². The molecule has 2 nitrogen and oxygen atoms in total. The van der Waals surface area contributed by atoms with Crippen LogP contribution in [0.1, 0.15) is 12.0 Å². The van der Waals surface area contributed by atoms with E-state index < -0.39 is 0 Å². The van der Waals surface area contributed by atoms with Gasteiger partial charge in [0, 0.05) is 0 Å². The van der Waals surface area contributed by atoms with Crippen molar-refractivity contribution in [3.05, 3.63) is 23.2 Å². The lowest BCUT2D eigenvalue weighted by Gasteiger charge is -2.16. The third-order valence-electron chi connectivity index (χ3n) is 2.37. The molecule has 0 atom stereocenters. The first kappa shape index (κ1) is 7.33. The first-order valence-electron chi connectivity index (χ1n) is 4.43. The van der Waals surface area contributed by atoms with Crippen LogP contribution in [-0.4, -0.2) is 11.6 Å². The molecule has 1 aliphatic heterocycles. The first-order chi connectivity index (χ1) is 6.45. The number of rotatable bonds is 0. The molecule has 1 aliphatic rings. The number of hydrogen-bond acceptors (Lipinski definition) is 3. The summed E-state index contributed by atoms with van der Waals surface area (Å²) in [5, 5.41) is 0. The fourth-order valence-electron chi connectivity index (χ4n) is 1.74. The Balaban J connectivity index is 2.34. The molecule has 66 valence electrons. The molecule has 0 amide bonds. The maximum absolute atomic E-state index is 5.67. The number of thiazole rings is 1. The van der Waals surface area contributed by atoms with Crippen LogP contribution in [0, 0.1) is 0 Å². The Kier molecular flexibility index (Phi) is 1.52. The van der Waals surface area contributed by atoms with Gasteiger partial charge in [0.25, 0.3) is 0 Å². The molecule has 0 spiro atoms. The molecule has 3 rings (SSSR count). The van der Waals surface area contributed by atoms with Crippen LogP contribution in [-0.2, 0) is 6.42 Å². The van der Waals surface area contributed by atoms with E-state index in [2.05, 4.69) is 17.1 Å². The van der Waals surface area contributed by atoms with Gasteiger partial charge in [-0.3, -0.25) is 0 Å². The summed E-state index contributed by atoms with van der Waals surface area (Å²) in [6.07, 6.45) is 2.28. The molecule has 0 bridgehead atoms. The highest BCUT2D eigenvalue weighted by Gasteiger charge is 2.14. The van der Waals surface area contributed by atoms with Gasteiger partial charge in [-0.1, -0.05) is 6.07 Å². The molecular weight excluding hydrogens is 182 g/mol. The molecule has 0 aliphatic carbocycles. The van der Waals surface area contributed by atoms with Crippen LogP contribution in [0.25, 0.3) is 10.2 Å². The lowest BCUT2D eigenvalue weighted by molar-refractivity contribution is 0.292.